The third-order valence-electron chi connectivity index (χ3n) is 7.64. The average molecular weight is 659 g/mol. The van der Waals surface area contributed by atoms with Crippen LogP contribution in [-0.4, -0.2) is 129 Å². The summed E-state index contributed by atoms with van der Waals surface area (Å²) in [7, 11) is 0. The number of ether oxygens (including phenoxy) is 1. The van der Waals surface area contributed by atoms with Crippen LogP contribution < -0.4 is 0 Å². The van der Waals surface area contributed by atoms with E-state index in [0.717, 1.165) is 77.0 Å². The van der Waals surface area contributed by atoms with Crippen LogP contribution in [0.4, 0.5) is 0 Å². The Balaban J connectivity index is 5.72. The van der Waals surface area contributed by atoms with E-state index in [4.69, 9.17) is 24.3 Å². The van der Waals surface area contributed by atoms with Gasteiger partial charge in [-0.1, -0.05) is 78.1 Å². The standard InChI is InChI=1S/C32H66O13/c1-3-5-7-9-11-13-15-42-44-31(17-27(37)21-33,18-28(38)22-34)25-41-26-32(19-29(39)23-35,20-30(40)24-36)45-43-16-14-12-10-8-6-4-2/h27-30,33-40H,3-26H2,1-2H3. The zero-order chi connectivity index (χ0) is 33.8. The molecule has 4 atom stereocenters. The van der Waals surface area contributed by atoms with Gasteiger partial charge in [0.1, 0.15) is 11.2 Å². The van der Waals surface area contributed by atoms with Gasteiger partial charge < -0.3 is 45.6 Å². The molecule has 272 valence electrons. The molecule has 8 N–H and O–H groups in total. The molecular weight excluding hydrogens is 592 g/mol. The Labute approximate surface area is 270 Å². The summed E-state index contributed by atoms with van der Waals surface area (Å²) >= 11 is 0. The second kappa shape index (κ2) is 28.5. The van der Waals surface area contributed by atoms with E-state index in [1.54, 1.807) is 0 Å². The highest BCUT2D eigenvalue weighted by atomic mass is 17.2. The van der Waals surface area contributed by atoms with Crippen molar-refractivity contribution in [3.05, 3.63) is 0 Å². The van der Waals surface area contributed by atoms with Crippen molar-refractivity contribution in [2.24, 2.45) is 0 Å². The predicted octanol–water partition coefficient (Wildman–Crippen LogP) is 2.07. The van der Waals surface area contributed by atoms with Gasteiger partial charge in [-0.25, -0.2) is 19.6 Å². The molecule has 13 heteroatoms. The molecule has 0 spiro atoms. The van der Waals surface area contributed by atoms with E-state index in [2.05, 4.69) is 13.8 Å². The molecule has 0 aromatic heterocycles. The topological polar surface area (TPSA) is 208 Å². The smallest absolute Gasteiger partial charge is 0.132 e. The van der Waals surface area contributed by atoms with Gasteiger partial charge >= 0.3 is 0 Å². The van der Waals surface area contributed by atoms with Crippen molar-refractivity contribution in [3.8, 4) is 0 Å². The van der Waals surface area contributed by atoms with Crippen LogP contribution in [0.5, 0.6) is 0 Å². The molecule has 0 saturated carbocycles. The van der Waals surface area contributed by atoms with Gasteiger partial charge in [0.25, 0.3) is 0 Å². The number of hydrogen-bond donors (Lipinski definition) is 8. The molecule has 0 aromatic rings. The first kappa shape index (κ1) is 44.5. The quantitative estimate of drug-likeness (QED) is 0.0283. The summed E-state index contributed by atoms with van der Waals surface area (Å²) in [6, 6.07) is 0. The molecule has 45 heavy (non-hydrogen) atoms. The molecule has 0 aromatic carbocycles. The first-order chi connectivity index (χ1) is 21.6. The van der Waals surface area contributed by atoms with Crippen molar-refractivity contribution in [3.63, 3.8) is 0 Å². The second-order valence-electron chi connectivity index (χ2n) is 12.4. The number of hydrogen-bond acceptors (Lipinski definition) is 13. The first-order valence-electron chi connectivity index (χ1n) is 17.0. The van der Waals surface area contributed by atoms with E-state index in [9.17, 15) is 40.9 Å². The molecule has 0 saturated heterocycles. The van der Waals surface area contributed by atoms with Gasteiger partial charge in [-0.3, -0.25) is 0 Å². The highest BCUT2D eigenvalue weighted by molar-refractivity contribution is 4.89. The first-order valence-corrected chi connectivity index (χ1v) is 17.0. The minimum Gasteiger partial charge on any atom is -0.394 e. The van der Waals surface area contributed by atoms with E-state index in [1.165, 1.54) is 0 Å². The Morgan fingerprint density at radius 1 is 0.444 bits per heavy atom. The minimum atomic E-state index is -1.51. The highest BCUT2D eigenvalue weighted by Crippen LogP contribution is 2.30. The normalized spacial score (nSPS) is 17.5. The molecule has 4 unspecified atom stereocenters. The molecule has 13 nitrogen and oxygen atoms in total. The van der Waals surface area contributed by atoms with Crippen LogP contribution in [0, 0.1) is 0 Å². The van der Waals surface area contributed by atoms with Crippen LogP contribution in [0.3, 0.4) is 0 Å². The lowest BCUT2D eigenvalue weighted by Crippen LogP contribution is -2.49. The Morgan fingerprint density at radius 3 is 1.02 bits per heavy atom. The number of rotatable bonds is 34. The van der Waals surface area contributed by atoms with Gasteiger partial charge in [0.2, 0.25) is 0 Å². The van der Waals surface area contributed by atoms with Crippen molar-refractivity contribution in [1.82, 2.24) is 0 Å². The highest BCUT2D eigenvalue weighted by Gasteiger charge is 2.42. The van der Waals surface area contributed by atoms with Crippen molar-refractivity contribution in [1.29, 1.82) is 0 Å². The lowest BCUT2D eigenvalue weighted by Gasteiger charge is -2.38. The Bertz CT molecular complexity index is 566. The van der Waals surface area contributed by atoms with E-state index >= 15 is 0 Å². The molecule has 0 amide bonds. The summed E-state index contributed by atoms with van der Waals surface area (Å²) in [6.45, 7) is 1.75. The van der Waals surface area contributed by atoms with Gasteiger partial charge in [0, 0.05) is 25.7 Å². The summed E-state index contributed by atoms with van der Waals surface area (Å²) < 4.78 is 6.01. The molecule has 0 rings (SSSR count). The molecule has 0 heterocycles. The van der Waals surface area contributed by atoms with Gasteiger partial charge in [0.15, 0.2) is 0 Å². The summed E-state index contributed by atoms with van der Waals surface area (Å²) in [6.07, 6.45) is 6.40. The third-order valence-corrected chi connectivity index (χ3v) is 7.64. The fourth-order valence-corrected chi connectivity index (χ4v) is 5.20. The molecule has 0 radical (unpaired) electrons. The van der Waals surface area contributed by atoms with Crippen LogP contribution >= 0.6 is 0 Å². The van der Waals surface area contributed by atoms with Crippen LogP contribution in [0.1, 0.15) is 117 Å². The molecular formula is C32H66O13. The van der Waals surface area contributed by atoms with Crippen LogP contribution in [0.15, 0.2) is 0 Å². The Morgan fingerprint density at radius 2 is 0.733 bits per heavy atom. The molecule has 0 aliphatic carbocycles. The fourth-order valence-electron chi connectivity index (χ4n) is 5.20. The summed E-state index contributed by atoms with van der Waals surface area (Å²) in [5, 5.41) is 79.7. The Hall–Kier alpha value is -0.520. The Kier molecular flexibility index (Phi) is 28.2. The minimum absolute atomic E-state index is 0.210. The SMILES string of the molecule is CCCCCCCCOOC(COCC(CC(O)CO)(CC(O)CO)OOCCCCCCCC)(CC(O)CO)CC(O)CO. The molecule has 0 aliphatic heterocycles. The monoisotopic (exact) mass is 658 g/mol. The fraction of sp³-hybridized carbons (Fsp3) is 1.00. The van der Waals surface area contributed by atoms with Crippen LogP contribution in [0.2, 0.25) is 0 Å². The van der Waals surface area contributed by atoms with Gasteiger partial charge in [-0.15, -0.1) is 0 Å². The molecule has 0 aliphatic rings. The van der Waals surface area contributed by atoms with Crippen LogP contribution in [-0.2, 0) is 24.3 Å². The summed E-state index contributed by atoms with van der Waals surface area (Å²) in [4.78, 5) is 22.5. The number of unbranched alkanes of at least 4 members (excludes halogenated alkanes) is 10. The van der Waals surface area contributed by atoms with Gasteiger partial charge in [0.05, 0.1) is 77.3 Å². The average Bonchev–Trinajstić information content (AvgIpc) is 3.03. The summed E-state index contributed by atoms with van der Waals surface area (Å²) in [5.74, 6) is 0. The maximum Gasteiger partial charge on any atom is 0.132 e. The predicted molar refractivity (Wildman–Crippen MR) is 168 cm³/mol. The maximum atomic E-state index is 10.3. The zero-order valence-corrected chi connectivity index (χ0v) is 27.9. The van der Waals surface area contributed by atoms with Crippen molar-refractivity contribution in [2.75, 3.05) is 52.9 Å². The molecule has 0 bridgehead atoms. The van der Waals surface area contributed by atoms with E-state index in [1.807, 2.05) is 0 Å². The lowest BCUT2D eigenvalue weighted by molar-refractivity contribution is -0.393. The number of aliphatic hydroxyl groups is 8. The second-order valence-corrected chi connectivity index (χ2v) is 12.4. The third kappa shape index (κ3) is 22.6. The molecule has 0 fully saturated rings. The van der Waals surface area contributed by atoms with E-state index in [-0.39, 0.29) is 52.1 Å². The van der Waals surface area contributed by atoms with E-state index < -0.39 is 62.0 Å². The van der Waals surface area contributed by atoms with Gasteiger partial charge in [-0.05, 0) is 12.8 Å². The summed E-state index contributed by atoms with van der Waals surface area (Å²) in [5.41, 5.74) is -3.02. The van der Waals surface area contributed by atoms with Crippen molar-refractivity contribution < 1.29 is 65.1 Å². The number of aliphatic hydroxyl groups excluding tert-OH is 8. The largest absolute Gasteiger partial charge is 0.394 e. The van der Waals surface area contributed by atoms with Gasteiger partial charge in [-0.2, -0.15) is 0 Å². The maximum absolute atomic E-state index is 10.3. The lowest BCUT2D eigenvalue weighted by atomic mass is 9.89. The van der Waals surface area contributed by atoms with Crippen molar-refractivity contribution >= 4 is 0 Å². The van der Waals surface area contributed by atoms with E-state index in [0.29, 0.717) is 0 Å². The van der Waals surface area contributed by atoms with Crippen LogP contribution in [0.25, 0.3) is 0 Å². The zero-order valence-electron chi connectivity index (χ0n) is 27.9. The van der Waals surface area contributed by atoms with Crippen molar-refractivity contribution in [2.45, 2.75) is 152 Å².